The second kappa shape index (κ2) is 8.70. The minimum Gasteiger partial charge on any atom is -0.496 e. The van der Waals surface area contributed by atoms with Gasteiger partial charge in [0.15, 0.2) is 6.61 Å². The molecule has 122 valence electrons. The number of rotatable bonds is 6. The number of hydrogen-bond donors (Lipinski definition) is 1. The summed E-state index contributed by atoms with van der Waals surface area (Å²) < 4.78 is 11.2. The molecule has 0 heterocycles. The first kappa shape index (κ1) is 17.5. The van der Waals surface area contributed by atoms with Gasteiger partial charge in [0.05, 0.1) is 23.4 Å². The Morgan fingerprint density at radius 2 is 2.12 bits per heavy atom. The third-order valence-corrected chi connectivity index (χ3v) is 3.56. The van der Waals surface area contributed by atoms with Crippen LogP contribution in [0.2, 0.25) is 0 Å². The van der Waals surface area contributed by atoms with E-state index in [-0.39, 0.29) is 6.61 Å². The number of benzene rings is 2. The summed E-state index contributed by atoms with van der Waals surface area (Å²) in [7, 11) is 1.58. The number of para-hydroxylation sites is 1. The van der Waals surface area contributed by atoms with E-state index in [2.05, 4.69) is 26.5 Å². The molecule has 0 aromatic heterocycles. The van der Waals surface area contributed by atoms with Crippen molar-refractivity contribution in [2.75, 3.05) is 13.7 Å². The lowest BCUT2D eigenvalue weighted by Gasteiger charge is -2.06. The Hall–Kier alpha value is -2.85. The quantitative estimate of drug-likeness (QED) is 0.609. The number of nitriles is 1. The molecule has 0 unspecified atom stereocenters. The average molecular weight is 388 g/mol. The molecule has 6 nitrogen and oxygen atoms in total. The first-order chi connectivity index (χ1) is 11.6. The van der Waals surface area contributed by atoms with Gasteiger partial charge >= 0.3 is 0 Å². The number of nitrogens with zero attached hydrogens (tertiary/aromatic N) is 2. The summed E-state index contributed by atoms with van der Waals surface area (Å²) >= 11 is 3.37. The molecule has 24 heavy (non-hydrogen) atoms. The van der Waals surface area contributed by atoms with E-state index in [0.29, 0.717) is 17.1 Å². The fourth-order valence-corrected chi connectivity index (χ4v) is 2.36. The van der Waals surface area contributed by atoms with Gasteiger partial charge in [-0.05, 0) is 51.8 Å². The molecule has 0 bridgehead atoms. The topological polar surface area (TPSA) is 83.7 Å². The zero-order chi connectivity index (χ0) is 17.4. The van der Waals surface area contributed by atoms with Gasteiger partial charge in [-0.2, -0.15) is 10.4 Å². The highest BCUT2D eigenvalue weighted by Gasteiger charge is 2.05. The van der Waals surface area contributed by atoms with E-state index in [1.165, 1.54) is 6.21 Å². The van der Waals surface area contributed by atoms with Crippen molar-refractivity contribution in [1.82, 2.24) is 5.43 Å². The summed E-state index contributed by atoms with van der Waals surface area (Å²) in [5, 5.41) is 12.8. The van der Waals surface area contributed by atoms with Crippen LogP contribution in [-0.2, 0) is 4.79 Å². The Labute approximate surface area is 147 Å². The Morgan fingerprint density at radius 1 is 1.33 bits per heavy atom. The van der Waals surface area contributed by atoms with E-state index < -0.39 is 5.91 Å². The number of halogens is 1. The Kier molecular flexibility index (Phi) is 6.34. The number of carbonyl (C=O) groups is 1. The third-order valence-electron chi connectivity index (χ3n) is 2.94. The second-order valence-corrected chi connectivity index (χ2v) is 5.44. The molecular formula is C17H14BrN3O3. The first-order valence-corrected chi connectivity index (χ1v) is 7.70. The molecule has 2 aromatic rings. The maximum Gasteiger partial charge on any atom is 0.277 e. The Balaban J connectivity index is 1.87. The molecule has 0 fully saturated rings. The van der Waals surface area contributed by atoms with E-state index in [9.17, 15) is 4.79 Å². The number of hydrazone groups is 1. The van der Waals surface area contributed by atoms with Gasteiger partial charge in [0.2, 0.25) is 0 Å². The largest absolute Gasteiger partial charge is 0.496 e. The molecule has 2 aromatic carbocycles. The summed E-state index contributed by atoms with van der Waals surface area (Å²) in [5.74, 6) is 0.644. The second-order valence-electron chi connectivity index (χ2n) is 4.58. The van der Waals surface area contributed by atoms with Crippen molar-refractivity contribution in [3.8, 4) is 17.6 Å². The number of nitrogens with one attached hydrogen (secondary N) is 1. The maximum absolute atomic E-state index is 11.7. The highest BCUT2D eigenvalue weighted by molar-refractivity contribution is 9.10. The molecule has 0 radical (unpaired) electrons. The van der Waals surface area contributed by atoms with Crippen LogP contribution < -0.4 is 14.9 Å². The molecule has 0 atom stereocenters. The van der Waals surface area contributed by atoms with Crippen molar-refractivity contribution >= 4 is 28.1 Å². The molecule has 1 amide bonds. The van der Waals surface area contributed by atoms with Gasteiger partial charge in [0, 0.05) is 0 Å². The average Bonchev–Trinajstić information content (AvgIpc) is 2.60. The summed E-state index contributed by atoms with van der Waals surface area (Å²) in [6.45, 7) is -0.234. The fraction of sp³-hybridized carbons (Fsp3) is 0.118. The number of amides is 1. The van der Waals surface area contributed by atoms with E-state index in [0.717, 1.165) is 10.0 Å². The molecular weight excluding hydrogens is 374 g/mol. The van der Waals surface area contributed by atoms with Crippen molar-refractivity contribution in [2.24, 2.45) is 5.10 Å². The zero-order valence-corrected chi connectivity index (χ0v) is 14.4. The molecule has 0 saturated carbocycles. The highest BCUT2D eigenvalue weighted by atomic mass is 79.9. The van der Waals surface area contributed by atoms with E-state index in [4.69, 9.17) is 14.7 Å². The van der Waals surface area contributed by atoms with Crippen molar-refractivity contribution in [1.29, 1.82) is 5.26 Å². The van der Waals surface area contributed by atoms with Crippen molar-refractivity contribution in [3.63, 3.8) is 0 Å². The highest BCUT2D eigenvalue weighted by Crippen LogP contribution is 2.24. The minimum absolute atomic E-state index is 0.234. The van der Waals surface area contributed by atoms with Crippen LogP contribution >= 0.6 is 15.9 Å². The number of carbonyl (C=O) groups excluding carboxylic acids is 1. The number of hydrogen-bond acceptors (Lipinski definition) is 5. The van der Waals surface area contributed by atoms with Gasteiger partial charge in [-0.3, -0.25) is 4.79 Å². The summed E-state index contributed by atoms with van der Waals surface area (Å²) in [5.41, 5.74) is 3.53. The lowest BCUT2D eigenvalue weighted by Crippen LogP contribution is -2.24. The molecule has 0 aliphatic carbocycles. The monoisotopic (exact) mass is 387 g/mol. The van der Waals surface area contributed by atoms with Crippen LogP contribution in [0, 0.1) is 11.3 Å². The predicted molar refractivity (Wildman–Crippen MR) is 93.1 cm³/mol. The van der Waals surface area contributed by atoms with Crippen LogP contribution in [0.5, 0.6) is 11.5 Å². The van der Waals surface area contributed by atoms with Gasteiger partial charge in [0.25, 0.3) is 5.91 Å². The summed E-state index contributed by atoms with van der Waals surface area (Å²) in [6, 6.07) is 14.1. The number of ether oxygens (including phenoxy) is 2. The van der Waals surface area contributed by atoms with Gasteiger partial charge in [-0.25, -0.2) is 5.43 Å². The predicted octanol–water partition coefficient (Wildman–Crippen LogP) is 2.86. The molecule has 1 N–H and O–H groups in total. The van der Waals surface area contributed by atoms with Crippen molar-refractivity contribution in [3.05, 3.63) is 58.1 Å². The Bertz CT molecular complexity index is 800. The van der Waals surface area contributed by atoms with Crippen LogP contribution in [0.4, 0.5) is 0 Å². The van der Waals surface area contributed by atoms with Gasteiger partial charge < -0.3 is 9.47 Å². The maximum atomic E-state index is 11.7. The third kappa shape index (κ3) is 4.83. The lowest BCUT2D eigenvalue weighted by molar-refractivity contribution is -0.123. The van der Waals surface area contributed by atoms with Crippen LogP contribution in [0.25, 0.3) is 0 Å². The zero-order valence-electron chi connectivity index (χ0n) is 12.8. The fourth-order valence-electron chi connectivity index (χ4n) is 1.80. The first-order valence-electron chi connectivity index (χ1n) is 6.91. The van der Waals surface area contributed by atoms with Crippen LogP contribution in [0.1, 0.15) is 11.1 Å². The molecule has 0 saturated heterocycles. The van der Waals surface area contributed by atoms with Gasteiger partial charge in [-0.15, -0.1) is 0 Å². The van der Waals surface area contributed by atoms with E-state index in [1.54, 1.807) is 43.5 Å². The normalized spacial score (nSPS) is 10.2. The smallest absolute Gasteiger partial charge is 0.277 e. The number of methoxy groups -OCH3 is 1. The SMILES string of the molecule is COc1ccc(/C=N\NC(=O)COc2ccccc2C#N)cc1Br. The molecule has 0 spiro atoms. The summed E-state index contributed by atoms with van der Waals surface area (Å²) in [4.78, 5) is 11.7. The molecule has 0 aliphatic rings. The van der Waals surface area contributed by atoms with E-state index in [1.807, 2.05) is 12.1 Å². The van der Waals surface area contributed by atoms with Gasteiger partial charge in [0.1, 0.15) is 17.6 Å². The van der Waals surface area contributed by atoms with Crippen LogP contribution in [0.15, 0.2) is 52.0 Å². The molecule has 0 aliphatic heterocycles. The van der Waals surface area contributed by atoms with Crippen LogP contribution in [0.3, 0.4) is 0 Å². The van der Waals surface area contributed by atoms with Crippen LogP contribution in [-0.4, -0.2) is 25.8 Å². The van der Waals surface area contributed by atoms with E-state index >= 15 is 0 Å². The van der Waals surface area contributed by atoms with Crippen molar-refractivity contribution in [2.45, 2.75) is 0 Å². The molecule has 2 rings (SSSR count). The molecule has 7 heteroatoms. The van der Waals surface area contributed by atoms with Crippen molar-refractivity contribution < 1.29 is 14.3 Å². The minimum atomic E-state index is -0.424. The Morgan fingerprint density at radius 3 is 2.83 bits per heavy atom. The standard InChI is InChI=1S/C17H14BrN3O3/c1-23-16-7-6-12(8-14(16)18)10-20-21-17(22)11-24-15-5-3-2-4-13(15)9-19/h2-8,10H,11H2,1H3,(H,21,22)/b20-10-. The van der Waals surface area contributed by atoms with Gasteiger partial charge in [-0.1, -0.05) is 12.1 Å². The summed E-state index contributed by atoms with van der Waals surface area (Å²) in [6.07, 6.45) is 1.51. The lowest BCUT2D eigenvalue weighted by atomic mass is 10.2.